The van der Waals surface area contributed by atoms with Gasteiger partial charge in [-0.2, -0.15) is 0 Å². The highest BCUT2D eigenvalue weighted by Gasteiger charge is 2.34. The second-order valence-corrected chi connectivity index (χ2v) is 6.06. The number of fused-ring (bicyclic) bond motifs is 2. The van der Waals surface area contributed by atoms with Gasteiger partial charge in [-0.1, -0.05) is 31.0 Å². The zero-order chi connectivity index (χ0) is 11.0. The zero-order valence-corrected chi connectivity index (χ0v) is 10.2. The fraction of sp³-hybridized carbons (Fsp3) is 0.571. The smallest absolute Gasteiger partial charge is 0.0831 e. The zero-order valence-electron chi connectivity index (χ0n) is 9.43. The van der Waals surface area contributed by atoms with Crippen LogP contribution in [-0.4, -0.2) is 10.9 Å². The van der Waals surface area contributed by atoms with Crippen LogP contribution in [0.2, 0.25) is 0 Å². The van der Waals surface area contributed by atoms with Gasteiger partial charge in [0, 0.05) is 10.6 Å². The van der Waals surface area contributed by atoms with Gasteiger partial charge in [0.2, 0.25) is 0 Å². The van der Waals surface area contributed by atoms with Gasteiger partial charge in [0.25, 0.3) is 0 Å². The van der Waals surface area contributed by atoms with Crippen molar-refractivity contribution < 1.29 is 5.11 Å². The van der Waals surface area contributed by atoms with E-state index in [2.05, 4.69) is 18.2 Å². The first kappa shape index (κ1) is 10.7. The maximum absolute atomic E-state index is 10.5. The van der Waals surface area contributed by atoms with Crippen molar-refractivity contribution >= 4 is 11.8 Å². The molecule has 0 bridgehead atoms. The van der Waals surface area contributed by atoms with Crippen LogP contribution in [0.15, 0.2) is 29.2 Å². The molecule has 0 radical (unpaired) electrons. The molecule has 16 heavy (non-hydrogen) atoms. The lowest BCUT2D eigenvalue weighted by Gasteiger charge is -2.32. The monoisotopic (exact) mass is 234 g/mol. The molecular weight excluding hydrogens is 216 g/mol. The van der Waals surface area contributed by atoms with Gasteiger partial charge >= 0.3 is 0 Å². The Morgan fingerprint density at radius 3 is 2.88 bits per heavy atom. The van der Waals surface area contributed by atoms with Crippen LogP contribution < -0.4 is 0 Å². The van der Waals surface area contributed by atoms with Crippen LogP contribution in [-0.2, 0) is 0 Å². The minimum Gasteiger partial charge on any atom is -0.388 e. The molecule has 2 heteroatoms. The Kier molecular flexibility index (Phi) is 2.95. The molecule has 3 atom stereocenters. The highest BCUT2D eigenvalue weighted by atomic mass is 32.2. The second-order valence-electron chi connectivity index (χ2n) is 5.00. The van der Waals surface area contributed by atoms with E-state index in [0.717, 1.165) is 5.92 Å². The summed E-state index contributed by atoms with van der Waals surface area (Å²) in [6, 6.07) is 8.38. The molecule has 1 aromatic rings. The number of hydrogen-bond donors (Lipinski definition) is 1. The van der Waals surface area contributed by atoms with Crippen LogP contribution >= 0.6 is 11.8 Å². The van der Waals surface area contributed by atoms with Crippen LogP contribution in [0.4, 0.5) is 0 Å². The van der Waals surface area contributed by atoms with Crippen molar-refractivity contribution in [3.05, 3.63) is 29.8 Å². The predicted octanol–water partition coefficient (Wildman–Crippen LogP) is 3.63. The van der Waals surface area contributed by atoms with E-state index in [4.69, 9.17) is 0 Å². The lowest BCUT2D eigenvalue weighted by molar-refractivity contribution is 0.0543. The van der Waals surface area contributed by atoms with Gasteiger partial charge in [-0.05, 0) is 36.3 Å². The van der Waals surface area contributed by atoms with E-state index in [0.29, 0.717) is 5.92 Å². The highest BCUT2D eigenvalue weighted by molar-refractivity contribution is 7.99. The third kappa shape index (κ3) is 1.78. The van der Waals surface area contributed by atoms with Crippen LogP contribution in [0.3, 0.4) is 0 Å². The van der Waals surface area contributed by atoms with Gasteiger partial charge in [0.1, 0.15) is 0 Å². The molecule has 1 aromatic carbocycles. The molecule has 3 rings (SSSR count). The maximum atomic E-state index is 10.5. The lowest BCUT2D eigenvalue weighted by Crippen LogP contribution is -2.25. The number of rotatable bonds is 0. The predicted molar refractivity (Wildman–Crippen MR) is 67.6 cm³/mol. The summed E-state index contributed by atoms with van der Waals surface area (Å²) >= 11 is 1.94. The average Bonchev–Trinajstić information content (AvgIpc) is 2.49. The Morgan fingerprint density at radius 1 is 1.12 bits per heavy atom. The average molecular weight is 234 g/mol. The fourth-order valence-electron chi connectivity index (χ4n) is 3.14. The largest absolute Gasteiger partial charge is 0.388 e. The van der Waals surface area contributed by atoms with Crippen molar-refractivity contribution in [2.24, 2.45) is 11.8 Å². The molecule has 0 saturated heterocycles. The van der Waals surface area contributed by atoms with Crippen LogP contribution in [0.5, 0.6) is 0 Å². The Bertz CT molecular complexity index is 377. The number of aliphatic hydroxyl groups is 1. The first-order valence-corrected chi connectivity index (χ1v) is 7.24. The molecule has 1 saturated carbocycles. The van der Waals surface area contributed by atoms with E-state index in [-0.39, 0.29) is 6.10 Å². The van der Waals surface area contributed by atoms with E-state index < -0.39 is 0 Å². The second kappa shape index (κ2) is 4.42. The molecule has 1 aliphatic heterocycles. The van der Waals surface area contributed by atoms with E-state index in [1.54, 1.807) is 0 Å². The fourth-order valence-corrected chi connectivity index (χ4v) is 4.48. The molecule has 0 spiro atoms. The molecule has 86 valence electrons. The number of aliphatic hydroxyl groups excluding tert-OH is 1. The summed E-state index contributed by atoms with van der Waals surface area (Å²) in [5.41, 5.74) is 1.17. The third-order valence-corrected chi connectivity index (χ3v) is 5.34. The van der Waals surface area contributed by atoms with Crippen molar-refractivity contribution in [2.45, 2.75) is 36.7 Å². The quantitative estimate of drug-likeness (QED) is 0.739. The minimum atomic E-state index is -0.225. The standard InChI is InChI=1S/C14H18OS/c15-14-11-6-2-1-5-10(11)9-16-13-8-4-3-7-12(13)14/h3-4,7-8,10-11,14-15H,1-2,5-6,9H2/t10-,11+,14?/m0/s1. The summed E-state index contributed by atoms with van der Waals surface area (Å²) in [6.45, 7) is 0. The van der Waals surface area contributed by atoms with Gasteiger partial charge in [0.05, 0.1) is 6.10 Å². The number of hydrogen-bond acceptors (Lipinski definition) is 2. The van der Waals surface area contributed by atoms with Crippen molar-refractivity contribution in [1.82, 2.24) is 0 Å². The van der Waals surface area contributed by atoms with Gasteiger partial charge < -0.3 is 5.11 Å². The molecule has 2 aliphatic rings. The summed E-state index contributed by atoms with van der Waals surface area (Å²) in [4.78, 5) is 1.30. The molecule has 0 aromatic heterocycles. The number of benzene rings is 1. The summed E-state index contributed by atoms with van der Waals surface area (Å²) < 4.78 is 0. The summed E-state index contributed by atoms with van der Waals surface area (Å²) in [7, 11) is 0. The maximum Gasteiger partial charge on any atom is 0.0831 e. The third-order valence-electron chi connectivity index (χ3n) is 4.06. The molecule has 1 nitrogen and oxygen atoms in total. The molecule has 1 aliphatic carbocycles. The Morgan fingerprint density at radius 2 is 1.94 bits per heavy atom. The van der Waals surface area contributed by atoms with Gasteiger partial charge in [0.15, 0.2) is 0 Å². The molecule has 1 fully saturated rings. The van der Waals surface area contributed by atoms with Crippen molar-refractivity contribution in [3.8, 4) is 0 Å². The van der Waals surface area contributed by atoms with Gasteiger partial charge in [-0.25, -0.2) is 0 Å². The lowest BCUT2D eigenvalue weighted by atomic mass is 9.75. The topological polar surface area (TPSA) is 20.2 Å². The minimum absolute atomic E-state index is 0.225. The summed E-state index contributed by atoms with van der Waals surface area (Å²) in [6.07, 6.45) is 4.94. The van der Waals surface area contributed by atoms with Crippen LogP contribution in [0, 0.1) is 11.8 Å². The van der Waals surface area contributed by atoms with Crippen LogP contribution in [0.25, 0.3) is 0 Å². The highest BCUT2D eigenvalue weighted by Crippen LogP contribution is 2.46. The first-order valence-electron chi connectivity index (χ1n) is 6.26. The van der Waals surface area contributed by atoms with E-state index in [9.17, 15) is 5.11 Å². The SMILES string of the molecule is OC1c2ccccc2SC[C@@H]2CCCC[C@@H]12. The Balaban J connectivity index is 1.96. The summed E-state index contributed by atoms with van der Waals surface area (Å²) in [5.74, 6) is 2.42. The summed E-state index contributed by atoms with van der Waals surface area (Å²) in [5, 5.41) is 10.5. The Labute approximate surface area is 101 Å². The van der Waals surface area contributed by atoms with Gasteiger partial charge in [-0.3, -0.25) is 0 Å². The van der Waals surface area contributed by atoms with Gasteiger partial charge in [-0.15, -0.1) is 11.8 Å². The van der Waals surface area contributed by atoms with E-state index >= 15 is 0 Å². The van der Waals surface area contributed by atoms with Crippen molar-refractivity contribution in [2.75, 3.05) is 5.75 Å². The normalized spacial score (nSPS) is 33.7. The van der Waals surface area contributed by atoms with Crippen LogP contribution in [0.1, 0.15) is 37.4 Å². The molecule has 1 heterocycles. The molecule has 0 amide bonds. The van der Waals surface area contributed by atoms with E-state index in [1.165, 1.54) is 41.9 Å². The molecular formula is C14H18OS. The Hall–Kier alpha value is -0.470. The van der Waals surface area contributed by atoms with Crippen molar-refractivity contribution in [1.29, 1.82) is 0 Å². The first-order chi connectivity index (χ1) is 7.86. The van der Waals surface area contributed by atoms with E-state index in [1.807, 2.05) is 17.8 Å². The van der Waals surface area contributed by atoms with Crippen molar-refractivity contribution in [3.63, 3.8) is 0 Å². The molecule has 1 N–H and O–H groups in total. The number of thioether (sulfide) groups is 1. The molecule has 1 unspecified atom stereocenters.